The summed E-state index contributed by atoms with van der Waals surface area (Å²) in [5.41, 5.74) is 10.6. The molecular weight excluding hydrogens is 502 g/mol. The van der Waals surface area contributed by atoms with Gasteiger partial charge in [0, 0.05) is 43.3 Å². The first kappa shape index (κ1) is 25.3. The largest absolute Gasteiger partial charge is 0.378 e. The van der Waals surface area contributed by atoms with Crippen molar-refractivity contribution in [2.75, 3.05) is 48.8 Å². The van der Waals surface area contributed by atoms with Crippen molar-refractivity contribution in [3.63, 3.8) is 0 Å². The standard InChI is InChI=1S/C27H27N7O3S/c1-2-24(35)32-19-5-3-17(4-6-19)7-8-29-26(36)23-14-21-25(38-23)22(34-9-11-37-12-10-34)13-20(33-21)18-15-30-27(28)31-16-18/h2-6,13-16H,1,7-12H2,(H,29,36)(H,32,35)(H2,28,30,31). The van der Waals surface area contributed by atoms with Gasteiger partial charge in [0.25, 0.3) is 5.91 Å². The summed E-state index contributed by atoms with van der Waals surface area (Å²) in [4.78, 5) is 40.3. The molecule has 194 valence electrons. The highest BCUT2D eigenvalue weighted by Gasteiger charge is 2.20. The van der Waals surface area contributed by atoms with Crippen LogP contribution in [0.4, 0.5) is 17.3 Å². The van der Waals surface area contributed by atoms with Crippen LogP contribution in [0, 0.1) is 0 Å². The molecule has 4 heterocycles. The molecule has 1 saturated heterocycles. The fourth-order valence-corrected chi connectivity index (χ4v) is 5.19. The Balaban J connectivity index is 1.33. The normalized spacial score (nSPS) is 13.3. The second-order valence-corrected chi connectivity index (χ2v) is 9.73. The topological polar surface area (TPSA) is 135 Å². The zero-order valence-corrected chi connectivity index (χ0v) is 21.5. The van der Waals surface area contributed by atoms with Crippen LogP contribution in [0.3, 0.4) is 0 Å². The fraction of sp³-hybridized carbons (Fsp3) is 0.222. The number of nitrogen functional groups attached to an aromatic ring is 1. The molecule has 1 aromatic carbocycles. The van der Waals surface area contributed by atoms with Crippen LogP contribution >= 0.6 is 11.3 Å². The van der Waals surface area contributed by atoms with Crippen molar-refractivity contribution in [3.8, 4) is 11.3 Å². The smallest absolute Gasteiger partial charge is 0.261 e. The summed E-state index contributed by atoms with van der Waals surface area (Å²) < 4.78 is 6.49. The molecule has 5 rings (SSSR count). The van der Waals surface area contributed by atoms with Gasteiger partial charge in [-0.3, -0.25) is 9.59 Å². The van der Waals surface area contributed by atoms with E-state index in [1.54, 1.807) is 12.4 Å². The van der Waals surface area contributed by atoms with Gasteiger partial charge in [0.1, 0.15) is 0 Å². The van der Waals surface area contributed by atoms with Crippen LogP contribution in [-0.2, 0) is 16.0 Å². The number of ether oxygens (including phenoxy) is 1. The second-order valence-electron chi connectivity index (χ2n) is 8.68. The van der Waals surface area contributed by atoms with E-state index in [0.29, 0.717) is 36.7 Å². The lowest BCUT2D eigenvalue weighted by Crippen LogP contribution is -2.36. The number of amides is 2. The molecule has 0 spiro atoms. The average Bonchev–Trinajstić information content (AvgIpc) is 3.39. The van der Waals surface area contributed by atoms with E-state index < -0.39 is 0 Å². The van der Waals surface area contributed by atoms with Gasteiger partial charge in [-0.05, 0) is 42.3 Å². The first-order valence-corrected chi connectivity index (χ1v) is 13.0. The summed E-state index contributed by atoms with van der Waals surface area (Å²) in [6.45, 7) is 6.72. The predicted octanol–water partition coefficient (Wildman–Crippen LogP) is 3.27. The zero-order valence-electron chi connectivity index (χ0n) is 20.6. The molecule has 1 aliphatic heterocycles. The van der Waals surface area contributed by atoms with E-state index in [9.17, 15) is 9.59 Å². The number of pyridine rings is 1. The summed E-state index contributed by atoms with van der Waals surface area (Å²) in [5, 5.41) is 5.73. The SMILES string of the molecule is C=CC(=O)Nc1ccc(CCNC(=O)c2cc3nc(-c4cnc(N)nc4)cc(N4CCOCC4)c3s2)cc1. The molecule has 0 aliphatic carbocycles. The van der Waals surface area contributed by atoms with Gasteiger partial charge < -0.3 is 26.0 Å². The Labute approximate surface area is 223 Å². The Morgan fingerprint density at radius 1 is 1.13 bits per heavy atom. The van der Waals surface area contributed by atoms with E-state index in [-0.39, 0.29) is 17.8 Å². The number of carbonyl (C=O) groups excluding carboxylic acids is 2. The number of nitrogens with two attached hydrogens (primary N) is 1. The third-order valence-electron chi connectivity index (χ3n) is 6.11. The number of hydrogen-bond acceptors (Lipinski definition) is 9. The Hall–Kier alpha value is -4.35. The summed E-state index contributed by atoms with van der Waals surface area (Å²) in [6, 6.07) is 11.3. The molecule has 1 aliphatic rings. The molecule has 38 heavy (non-hydrogen) atoms. The Bertz CT molecular complexity index is 1460. The number of fused-ring (bicyclic) bond motifs is 1. The van der Waals surface area contributed by atoms with Crippen LogP contribution in [0.5, 0.6) is 0 Å². The lowest BCUT2D eigenvalue weighted by molar-refractivity contribution is -0.111. The molecule has 0 radical (unpaired) electrons. The van der Waals surface area contributed by atoms with E-state index in [1.165, 1.54) is 17.4 Å². The van der Waals surface area contributed by atoms with E-state index in [0.717, 1.165) is 45.8 Å². The Morgan fingerprint density at radius 3 is 2.58 bits per heavy atom. The molecule has 2 amide bonds. The highest BCUT2D eigenvalue weighted by atomic mass is 32.1. The number of morpholine rings is 1. The van der Waals surface area contributed by atoms with E-state index >= 15 is 0 Å². The van der Waals surface area contributed by atoms with Gasteiger partial charge in [-0.25, -0.2) is 15.0 Å². The van der Waals surface area contributed by atoms with Crippen molar-refractivity contribution in [2.24, 2.45) is 0 Å². The summed E-state index contributed by atoms with van der Waals surface area (Å²) >= 11 is 1.43. The van der Waals surface area contributed by atoms with Crippen LogP contribution in [0.2, 0.25) is 0 Å². The molecule has 0 saturated carbocycles. The predicted molar refractivity (Wildman–Crippen MR) is 149 cm³/mol. The number of nitrogens with one attached hydrogen (secondary N) is 2. The molecular formula is C27H27N7O3S. The maximum absolute atomic E-state index is 13.0. The number of aromatic nitrogens is 3. The molecule has 11 heteroatoms. The van der Waals surface area contributed by atoms with Gasteiger partial charge in [0.05, 0.1) is 39.7 Å². The van der Waals surface area contributed by atoms with Gasteiger partial charge in [-0.1, -0.05) is 18.7 Å². The zero-order chi connectivity index (χ0) is 26.5. The number of rotatable bonds is 8. The van der Waals surface area contributed by atoms with E-state index in [1.807, 2.05) is 36.4 Å². The van der Waals surface area contributed by atoms with Gasteiger partial charge in [0.2, 0.25) is 11.9 Å². The van der Waals surface area contributed by atoms with Crippen LogP contribution in [0.1, 0.15) is 15.2 Å². The Morgan fingerprint density at radius 2 is 1.87 bits per heavy atom. The fourth-order valence-electron chi connectivity index (χ4n) is 4.13. The first-order chi connectivity index (χ1) is 18.5. The summed E-state index contributed by atoms with van der Waals surface area (Å²) in [6.07, 6.45) is 5.19. The number of benzene rings is 1. The van der Waals surface area contributed by atoms with E-state index in [2.05, 4.69) is 32.1 Å². The van der Waals surface area contributed by atoms with Gasteiger partial charge in [-0.15, -0.1) is 11.3 Å². The quantitative estimate of drug-likeness (QED) is 0.296. The molecule has 4 aromatic rings. The summed E-state index contributed by atoms with van der Waals surface area (Å²) in [5.74, 6) is -0.199. The highest BCUT2D eigenvalue weighted by molar-refractivity contribution is 7.21. The van der Waals surface area contributed by atoms with Gasteiger partial charge in [-0.2, -0.15) is 0 Å². The molecule has 1 fully saturated rings. The monoisotopic (exact) mass is 529 g/mol. The van der Waals surface area contributed by atoms with E-state index in [4.69, 9.17) is 15.5 Å². The molecule has 0 bridgehead atoms. The van der Waals surface area contributed by atoms with Crippen molar-refractivity contribution >= 4 is 50.7 Å². The lowest BCUT2D eigenvalue weighted by Gasteiger charge is -2.29. The number of carbonyl (C=O) groups is 2. The van der Waals surface area contributed by atoms with Crippen molar-refractivity contribution in [2.45, 2.75) is 6.42 Å². The minimum absolute atomic E-state index is 0.145. The minimum atomic E-state index is -0.256. The molecule has 0 atom stereocenters. The number of nitrogens with zero attached hydrogens (tertiary/aromatic N) is 4. The maximum Gasteiger partial charge on any atom is 0.261 e. The molecule has 4 N–H and O–H groups in total. The third kappa shape index (κ3) is 5.79. The first-order valence-electron chi connectivity index (χ1n) is 12.2. The third-order valence-corrected chi connectivity index (χ3v) is 7.25. The summed E-state index contributed by atoms with van der Waals surface area (Å²) in [7, 11) is 0. The Kier molecular flexibility index (Phi) is 7.57. The highest BCUT2D eigenvalue weighted by Crippen LogP contribution is 2.36. The van der Waals surface area contributed by atoms with Crippen molar-refractivity contribution in [1.82, 2.24) is 20.3 Å². The van der Waals surface area contributed by atoms with Crippen molar-refractivity contribution < 1.29 is 14.3 Å². The molecule has 3 aromatic heterocycles. The van der Waals surface area contributed by atoms with Gasteiger partial charge in [0.15, 0.2) is 0 Å². The number of hydrogen-bond donors (Lipinski definition) is 3. The lowest BCUT2D eigenvalue weighted by atomic mass is 10.1. The van der Waals surface area contributed by atoms with Crippen molar-refractivity contribution in [3.05, 3.63) is 71.9 Å². The van der Waals surface area contributed by atoms with Gasteiger partial charge >= 0.3 is 0 Å². The average molecular weight is 530 g/mol. The molecule has 10 nitrogen and oxygen atoms in total. The minimum Gasteiger partial charge on any atom is -0.378 e. The van der Waals surface area contributed by atoms with Crippen molar-refractivity contribution in [1.29, 1.82) is 0 Å². The van der Waals surface area contributed by atoms with Crippen LogP contribution in [0.25, 0.3) is 21.5 Å². The number of anilines is 3. The maximum atomic E-state index is 13.0. The van der Waals surface area contributed by atoms with Crippen LogP contribution < -0.4 is 21.3 Å². The van der Waals surface area contributed by atoms with Crippen LogP contribution in [-0.4, -0.2) is 59.6 Å². The number of thiophene rings is 1. The van der Waals surface area contributed by atoms with Crippen LogP contribution in [0.15, 0.2) is 61.4 Å². The molecule has 0 unspecified atom stereocenters. The second kappa shape index (κ2) is 11.4.